The minimum absolute atomic E-state index is 0.0781. The van der Waals surface area contributed by atoms with Gasteiger partial charge in [-0.1, -0.05) is 37.3 Å². The Morgan fingerprint density at radius 3 is 2.29 bits per heavy atom. The monoisotopic (exact) mass is 226 g/mol. The van der Waals surface area contributed by atoms with Crippen molar-refractivity contribution in [2.24, 2.45) is 5.92 Å². The quantitative estimate of drug-likeness (QED) is 0.775. The molecule has 1 rings (SSSR count). The molecule has 3 heteroatoms. The van der Waals surface area contributed by atoms with Crippen LogP contribution in [-0.2, 0) is 4.79 Å². The van der Waals surface area contributed by atoms with Crippen molar-refractivity contribution in [1.29, 1.82) is 10.5 Å². The van der Waals surface area contributed by atoms with Gasteiger partial charge in [-0.2, -0.15) is 10.5 Å². The van der Waals surface area contributed by atoms with Crippen LogP contribution in [0.25, 0.3) is 0 Å². The highest BCUT2D eigenvalue weighted by Gasteiger charge is 2.24. The zero-order chi connectivity index (χ0) is 12.7. The van der Waals surface area contributed by atoms with Crippen molar-refractivity contribution >= 4 is 5.78 Å². The van der Waals surface area contributed by atoms with Gasteiger partial charge < -0.3 is 0 Å². The largest absolute Gasteiger partial charge is 0.300 e. The SMILES string of the molecule is CCC(=O)CC(c1ccccc1)C(C#N)C#N. The molecule has 0 aliphatic carbocycles. The summed E-state index contributed by atoms with van der Waals surface area (Å²) in [5.74, 6) is -1.01. The molecule has 1 aromatic rings. The second-order valence-electron chi connectivity index (χ2n) is 3.85. The minimum Gasteiger partial charge on any atom is -0.300 e. The van der Waals surface area contributed by atoms with E-state index in [0.717, 1.165) is 5.56 Å². The fourth-order valence-electron chi connectivity index (χ4n) is 1.73. The Morgan fingerprint density at radius 1 is 1.24 bits per heavy atom. The van der Waals surface area contributed by atoms with Crippen LogP contribution in [0.3, 0.4) is 0 Å². The summed E-state index contributed by atoms with van der Waals surface area (Å²) < 4.78 is 0. The predicted molar refractivity (Wildman–Crippen MR) is 63.8 cm³/mol. The molecule has 0 amide bonds. The number of carbonyl (C=O) groups is 1. The lowest BCUT2D eigenvalue weighted by Gasteiger charge is -2.16. The van der Waals surface area contributed by atoms with Gasteiger partial charge in [-0.25, -0.2) is 0 Å². The highest BCUT2D eigenvalue weighted by molar-refractivity contribution is 5.79. The standard InChI is InChI=1S/C14H14N2O/c1-2-13(17)8-14(12(9-15)10-16)11-6-4-3-5-7-11/h3-7,12,14H,2,8H2,1H3. The Labute approximate surface area is 101 Å². The summed E-state index contributed by atoms with van der Waals surface area (Å²) in [5.41, 5.74) is 0.877. The van der Waals surface area contributed by atoms with Crippen LogP contribution in [0.4, 0.5) is 0 Å². The van der Waals surface area contributed by atoms with Gasteiger partial charge in [-0.15, -0.1) is 0 Å². The van der Waals surface area contributed by atoms with E-state index in [-0.39, 0.29) is 18.1 Å². The molecule has 0 fully saturated rings. The topological polar surface area (TPSA) is 64.7 Å². The first kappa shape index (κ1) is 12.9. The zero-order valence-electron chi connectivity index (χ0n) is 9.76. The summed E-state index contributed by atoms with van der Waals surface area (Å²) in [6.07, 6.45) is 0.694. The molecule has 0 saturated heterocycles. The third kappa shape index (κ3) is 3.43. The van der Waals surface area contributed by atoms with E-state index in [0.29, 0.717) is 6.42 Å². The normalized spacial score (nSPS) is 11.5. The molecule has 0 saturated carbocycles. The summed E-state index contributed by atoms with van der Waals surface area (Å²) in [7, 11) is 0. The van der Waals surface area contributed by atoms with Gasteiger partial charge in [-0.05, 0) is 5.56 Å². The lowest BCUT2D eigenvalue weighted by molar-refractivity contribution is -0.119. The molecule has 3 nitrogen and oxygen atoms in total. The number of rotatable bonds is 5. The first-order valence-corrected chi connectivity index (χ1v) is 5.58. The first-order valence-electron chi connectivity index (χ1n) is 5.58. The molecule has 0 aromatic heterocycles. The van der Waals surface area contributed by atoms with E-state index in [1.807, 2.05) is 42.5 Å². The Balaban J connectivity index is 3.00. The van der Waals surface area contributed by atoms with Crippen molar-refractivity contribution in [3.63, 3.8) is 0 Å². The average Bonchev–Trinajstić information content (AvgIpc) is 2.39. The predicted octanol–water partition coefficient (Wildman–Crippen LogP) is 2.80. The summed E-state index contributed by atoms with van der Waals surface area (Å²) in [6.45, 7) is 1.79. The molecule has 1 unspecified atom stereocenters. The molecule has 0 aliphatic heterocycles. The van der Waals surface area contributed by atoms with E-state index < -0.39 is 5.92 Å². The van der Waals surface area contributed by atoms with E-state index in [9.17, 15) is 4.79 Å². The van der Waals surface area contributed by atoms with Crippen LogP contribution in [0.2, 0.25) is 0 Å². The number of nitrogens with zero attached hydrogens (tertiary/aromatic N) is 2. The molecule has 0 bridgehead atoms. The Morgan fingerprint density at radius 2 is 1.82 bits per heavy atom. The summed E-state index contributed by atoms with van der Waals surface area (Å²) in [4.78, 5) is 11.5. The average molecular weight is 226 g/mol. The van der Waals surface area contributed by atoms with Crippen molar-refractivity contribution in [3.8, 4) is 12.1 Å². The molecule has 1 atom stereocenters. The molecule has 0 heterocycles. The fourth-order valence-corrected chi connectivity index (χ4v) is 1.73. The number of Topliss-reactive ketones (excluding diaryl/α,β-unsaturated/α-hetero) is 1. The van der Waals surface area contributed by atoms with Gasteiger partial charge in [0.05, 0.1) is 12.1 Å². The van der Waals surface area contributed by atoms with E-state index in [2.05, 4.69) is 0 Å². The van der Waals surface area contributed by atoms with Gasteiger partial charge in [0, 0.05) is 18.8 Å². The van der Waals surface area contributed by atoms with Gasteiger partial charge >= 0.3 is 0 Å². The summed E-state index contributed by atoms with van der Waals surface area (Å²) in [6, 6.07) is 13.2. The van der Waals surface area contributed by atoms with Crippen molar-refractivity contribution in [3.05, 3.63) is 35.9 Å². The van der Waals surface area contributed by atoms with Crippen LogP contribution in [0, 0.1) is 28.6 Å². The van der Waals surface area contributed by atoms with E-state index in [1.165, 1.54) is 0 Å². The second kappa shape index (κ2) is 6.45. The number of hydrogen-bond donors (Lipinski definition) is 0. The van der Waals surface area contributed by atoms with Gasteiger partial charge in [0.25, 0.3) is 0 Å². The van der Waals surface area contributed by atoms with Gasteiger partial charge in [0.15, 0.2) is 0 Å². The van der Waals surface area contributed by atoms with Crippen LogP contribution in [0.1, 0.15) is 31.2 Å². The minimum atomic E-state index is -0.770. The first-order chi connectivity index (χ1) is 8.22. The lowest BCUT2D eigenvalue weighted by atomic mass is 9.83. The number of nitriles is 2. The van der Waals surface area contributed by atoms with Gasteiger partial charge in [0.1, 0.15) is 11.7 Å². The Bertz CT molecular complexity index is 439. The Hall–Kier alpha value is -2.13. The van der Waals surface area contributed by atoms with E-state index in [1.54, 1.807) is 6.92 Å². The molecular weight excluding hydrogens is 212 g/mol. The van der Waals surface area contributed by atoms with E-state index in [4.69, 9.17) is 10.5 Å². The van der Waals surface area contributed by atoms with Crippen molar-refractivity contribution in [1.82, 2.24) is 0 Å². The molecule has 0 N–H and O–H groups in total. The molecule has 0 radical (unpaired) electrons. The smallest absolute Gasteiger partial charge is 0.140 e. The van der Waals surface area contributed by atoms with Crippen LogP contribution < -0.4 is 0 Å². The molecule has 1 aromatic carbocycles. The van der Waals surface area contributed by atoms with Crippen molar-refractivity contribution in [2.45, 2.75) is 25.7 Å². The zero-order valence-corrected chi connectivity index (χ0v) is 9.76. The van der Waals surface area contributed by atoms with Gasteiger partial charge in [0.2, 0.25) is 0 Å². The molecule has 86 valence electrons. The number of benzene rings is 1. The fraction of sp³-hybridized carbons (Fsp3) is 0.357. The number of ketones is 1. The second-order valence-corrected chi connectivity index (χ2v) is 3.85. The highest BCUT2D eigenvalue weighted by atomic mass is 16.1. The number of hydrogen-bond acceptors (Lipinski definition) is 3. The third-order valence-corrected chi connectivity index (χ3v) is 2.75. The molecule has 0 spiro atoms. The number of carbonyl (C=O) groups excluding carboxylic acids is 1. The van der Waals surface area contributed by atoms with Crippen molar-refractivity contribution < 1.29 is 4.79 Å². The van der Waals surface area contributed by atoms with Gasteiger partial charge in [-0.3, -0.25) is 4.79 Å². The highest BCUT2D eigenvalue weighted by Crippen LogP contribution is 2.28. The van der Waals surface area contributed by atoms with Crippen LogP contribution in [-0.4, -0.2) is 5.78 Å². The van der Waals surface area contributed by atoms with Crippen LogP contribution in [0.15, 0.2) is 30.3 Å². The van der Waals surface area contributed by atoms with Crippen molar-refractivity contribution in [2.75, 3.05) is 0 Å². The Kier molecular flexibility index (Phi) is 4.91. The van der Waals surface area contributed by atoms with Crippen LogP contribution >= 0.6 is 0 Å². The van der Waals surface area contributed by atoms with Crippen LogP contribution in [0.5, 0.6) is 0 Å². The molecule has 0 aliphatic rings. The third-order valence-electron chi connectivity index (χ3n) is 2.75. The maximum atomic E-state index is 11.5. The molecular formula is C14H14N2O. The molecule has 17 heavy (non-hydrogen) atoms. The lowest BCUT2D eigenvalue weighted by Crippen LogP contribution is -2.14. The maximum Gasteiger partial charge on any atom is 0.140 e. The van der Waals surface area contributed by atoms with E-state index >= 15 is 0 Å². The maximum absolute atomic E-state index is 11.5. The summed E-state index contributed by atoms with van der Waals surface area (Å²) in [5, 5.41) is 17.9. The summed E-state index contributed by atoms with van der Waals surface area (Å²) >= 11 is 0.